The molecule has 0 radical (unpaired) electrons. The van der Waals surface area contributed by atoms with Crippen molar-refractivity contribution >= 4 is 23.2 Å². The van der Waals surface area contributed by atoms with Gasteiger partial charge >= 0.3 is 0 Å². The van der Waals surface area contributed by atoms with E-state index in [2.05, 4.69) is 10.4 Å². The zero-order valence-electron chi connectivity index (χ0n) is 17.4. The molecule has 0 fully saturated rings. The van der Waals surface area contributed by atoms with Gasteiger partial charge in [-0.25, -0.2) is 4.68 Å². The highest BCUT2D eigenvalue weighted by Crippen LogP contribution is 2.22. The second-order valence-corrected chi connectivity index (χ2v) is 7.23. The molecule has 30 heavy (non-hydrogen) atoms. The fraction of sp³-hybridized carbons (Fsp3) is 0.304. The molecule has 0 unspecified atom stereocenters. The number of halogens is 1. The number of aryl methyl sites for hydroxylation is 1. The van der Waals surface area contributed by atoms with E-state index in [0.29, 0.717) is 37.0 Å². The van der Waals surface area contributed by atoms with E-state index in [0.717, 1.165) is 28.3 Å². The molecular weight excluding hydrogens is 402 g/mol. The molecule has 0 saturated heterocycles. The largest absolute Gasteiger partial charge is 0.379 e. The summed E-state index contributed by atoms with van der Waals surface area (Å²) >= 11 is 6.22. The smallest absolute Gasteiger partial charge is 0.255 e. The van der Waals surface area contributed by atoms with E-state index in [1.165, 1.54) is 0 Å². The second kappa shape index (κ2) is 10.4. The molecule has 7 heteroatoms. The molecule has 2 aromatic carbocycles. The second-order valence-electron chi connectivity index (χ2n) is 6.85. The third-order valence-electron chi connectivity index (χ3n) is 4.61. The van der Waals surface area contributed by atoms with Crippen molar-refractivity contribution in [2.75, 3.05) is 25.1 Å². The highest BCUT2D eigenvalue weighted by molar-refractivity contribution is 6.31. The Bertz CT molecular complexity index is 999. The van der Waals surface area contributed by atoms with Crippen LogP contribution >= 0.6 is 11.6 Å². The molecule has 0 atom stereocenters. The van der Waals surface area contributed by atoms with Gasteiger partial charge < -0.3 is 14.8 Å². The molecule has 6 nitrogen and oxygen atoms in total. The lowest BCUT2D eigenvalue weighted by Gasteiger charge is -2.09. The Morgan fingerprint density at radius 2 is 1.83 bits per heavy atom. The molecule has 1 heterocycles. The maximum atomic E-state index is 12.6. The average Bonchev–Trinajstić information content (AvgIpc) is 3.01. The first-order chi connectivity index (χ1) is 14.5. The van der Waals surface area contributed by atoms with E-state index in [1.54, 1.807) is 16.8 Å². The molecule has 1 N–H and O–H groups in total. The Morgan fingerprint density at radius 1 is 1.10 bits per heavy atom. The third kappa shape index (κ3) is 5.48. The van der Waals surface area contributed by atoms with Gasteiger partial charge in [0, 0.05) is 17.9 Å². The third-order valence-corrected chi connectivity index (χ3v) is 5.15. The minimum atomic E-state index is -0.178. The van der Waals surface area contributed by atoms with Gasteiger partial charge in [-0.15, -0.1) is 0 Å². The van der Waals surface area contributed by atoms with Gasteiger partial charge in [0.05, 0.1) is 41.9 Å². The van der Waals surface area contributed by atoms with Crippen LogP contribution in [-0.2, 0) is 16.1 Å². The Balaban J connectivity index is 1.62. The lowest BCUT2D eigenvalue weighted by Crippen LogP contribution is -2.12. The summed E-state index contributed by atoms with van der Waals surface area (Å²) in [5.41, 5.74) is 4.76. The van der Waals surface area contributed by atoms with Crippen molar-refractivity contribution < 1.29 is 14.3 Å². The average molecular weight is 428 g/mol. The normalized spacial score (nSPS) is 10.9. The predicted octanol–water partition coefficient (Wildman–Crippen LogP) is 4.95. The van der Waals surface area contributed by atoms with Gasteiger partial charge in [-0.2, -0.15) is 5.10 Å². The fourth-order valence-corrected chi connectivity index (χ4v) is 3.14. The quantitative estimate of drug-likeness (QED) is 0.491. The zero-order valence-corrected chi connectivity index (χ0v) is 18.2. The molecule has 0 spiro atoms. The van der Waals surface area contributed by atoms with Crippen LogP contribution in [-0.4, -0.2) is 35.5 Å². The van der Waals surface area contributed by atoms with Crippen molar-refractivity contribution in [1.82, 2.24) is 9.78 Å². The predicted molar refractivity (Wildman–Crippen MR) is 119 cm³/mol. The van der Waals surface area contributed by atoms with Crippen LogP contribution in [0, 0.1) is 13.8 Å². The van der Waals surface area contributed by atoms with Crippen LogP contribution in [0.5, 0.6) is 0 Å². The maximum Gasteiger partial charge on any atom is 0.255 e. The summed E-state index contributed by atoms with van der Waals surface area (Å²) in [6, 6.07) is 14.9. The van der Waals surface area contributed by atoms with E-state index in [1.807, 2.05) is 57.2 Å². The summed E-state index contributed by atoms with van der Waals surface area (Å²) in [7, 11) is 0. The van der Waals surface area contributed by atoms with Gasteiger partial charge in [0.2, 0.25) is 0 Å². The van der Waals surface area contributed by atoms with Crippen LogP contribution in [0.25, 0.3) is 5.69 Å². The monoisotopic (exact) mass is 427 g/mol. The number of nitrogens with zero attached hydrogens (tertiary/aromatic N) is 2. The Kier molecular flexibility index (Phi) is 7.63. The van der Waals surface area contributed by atoms with Gasteiger partial charge in [0.25, 0.3) is 5.91 Å². The molecule has 158 valence electrons. The number of nitrogens with one attached hydrogen (secondary N) is 1. The first kappa shape index (κ1) is 22.0. The van der Waals surface area contributed by atoms with Crippen molar-refractivity contribution in [3.63, 3.8) is 0 Å². The van der Waals surface area contributed by atoms with Crippen molar-refractivity contribution in [3.05, 3.63) is 76.1 Å². The maximum absolute atomic E-state index is 12.6. The Hall–Kier alpha value is -2.67. The summed E-state index contributed by atoms with van der Waals surface area (Å²) in [6.07, 6.45) is 0. The Morgan fingerprint density at radius 3 is 2.50 bits per heavy atom. The first-order valence-corrected chi connectivity index (χ1v) is 10.2. The Labute approximate surface area is 181 Å². The SMILES string of the molecule is CCOCCOCc1cccc(NC(=O)c2ccc(-n3nc(C)c(Cl)c3C)cc2)c1. The summed E-state index contributed by atoms with van der Waals surface area (Å²) < 4.78 is 12.6. The number of carbonyl (C=O) groups is 1. The van der Waals surface area contributed by atoms with Crippen LogP contribution in [0.2, 0.25) is 5.02 Å². The van der Waals surface area contributed by atoms with E-state index < -0.39 is 0 Å². The van der Waals surface area contributed by atoms with Crippen LogP contribution in [0.3, 0.4) is 0 Å². The first-order valence-electron chi connectivity index (χ1n) is 9.87. The number of benzene rings is 2. The lowest BCUT2D eigenvalue weighted by molar-refractivity contribution is 0.0453. The van der Waals surface area contributed by atoms with E-state index in [9.17, 15) is 4.79 Å². The van der Waals surface area contributed by atoms with Gasteiger partial charge in [-0.3, -0.25) is 4.79 Å². The number of rotatable bonds is 9. The minimum Gasteiger partial charge on any atom is -0.379 e. The number of amides is 1. The summed E-state index contributed by atoms with van der Waals surface area (Å²) in [4.78, 5) is 12.6. The number of anilines is 1. The number of hydrogen-bond donors (Lipinski definition) is 1. The van der Waals surface area contributed by atoms with E-state index in [4.69, 9.17) is 21.1 Å². The fourth-order valence-electron chi connectivity index (χ4n) is 3.02. The van der Waals surface area contributed by atoms with E-state index in [-0.39, 0.29) is 5.91 Å². The van der Waals surface area contributed by atoms with Gasteiger partial charge in [-0.05, 0) is 62.7 Å². The molecule has 0 bridgehead atoms. The molecule has 3 rings (SSSR count). The molecule has 1 aromatic heterocycles. The standard InChI is InChI=1S/C23H26ClN3O3/c1-4-29-12-13-30-15-18-6-5-7-20(14-18)25-23(28)19-8-10-21(11-9-19)27-17(3)22(24)16(2)26-27/h5-11,14H,4,12-13,15H2,1-3H3,(H,25,28). The molecule has 1 amide bonds. The summed E-state index contributed by atoms with van der Waals surface area (Å²) in [5.74, 6) is -0.178. The topological polar surface area (TPSA) is 65.4 Å². The number of carbonyl (C=O) groups excluding carboxylic acids is 1. The highest BCUT2D eigenvalue weighted by Gasteiger charge is 2.12. The number of ether oxygens (including phenoxy) is 2. The van der Waals surface area contributed by atoms with Crippen molar-refractivity contribution in [3.8, 4) is 5.69 Å². The molecule has 0 aliphatic heterocycles. The van der Waals surface area contributed by atoms with Crippen LogP contribution < -0.4 is 5.32 Å². The zero-order chi connectivity index (χ0) is 21.5. The van der Waals surface area contributed by atoms with E-state index >= 15 is 0 Å². The van der Waals surface area contributed by atoms with Crippen molar-refractivity contribution in [2.24, 2.45) is 0 Å². The minimum absolute atomic E-state index is 0.178. The van der Waals surface area contributed by atoms with Crippen LogP contribution in [0.4, 0.5) is 5.69 Å². The number of hydrogen-bond acceptors (Lipinski definition) is 4. The lowest BCUT2D eigenvalue weighted by atomic mass is 10.1. The molecule has 0 aliphatic carbocycles. The van der Waals surface area contributed by atoms with Gasteiger partial charge in [-0.1, -0.05) is 23.7 Å². The van der Waals surface area contributed by atoms with Gasteiger partial charge in [0.15, 0.2) is 0 Å². The van der Waals surface area contributed by atoms with Crippen LogP contribution in [0.15, 0.2) is 48.5 Å². The summed E-state index contributed by atoms with van der Waals surface area (Å²) in [5, 5.41) is 8.02. The summed E-state index contributed by atoms with van der Waals surface area (Å²) in [6.45, 7) is 8.00. The number of aromatic nitrogens is 2. The molecular formula is C23H26ClN3O3. The highest BCUT2D eigenvalue weighted by atomic mass is 35.5. The van der Waals surface area contributed by atoms with Crippen LogP contribution in [0.1, 0.15) is 34.2 Å². The van der Waals surface area contributed by atoms with Crippen molar-refractivity contribution in [2.45, 2.75) is 27.4 Å². The van der Waals surface area contributed by atoms with Crippen molar-refractivity contribution in [1.29, 1.82) is 0 Å². The molecule has 0 aliphatic rings. The molecule has 3 aromatic rings. The van der Waals surface area contributed by atoms with Gasteiger partial charge in [0.1, 0.15) is 0 Å². The molecule has 0 saturated carbocycles.